The minimum Gasteiger partial charge on any atom is -0.314 e. The fourth-order valence-electron chi connectivity index (χ4n) is 2.30. The number of halogens is 6. The summed E-state index contributed by atoms with van der Waals surface area (Å²) in [6.07, 6.45) is -4.64. The van der Waals surface area contributed by atoms with E-state index in [4.69, 9.17) is 0 Å². The largest absolute Gasteiger partial charge is 0.419 e. The van der Waals surface area contributed by atoms with Crippen LogP contribution in [0.2, 0.25) is 0 Å². The standard InChI is InChI=1S/C13H16F4N2.2ClH/c1-9(19-6-4-18-5-7-19)10-2-3-11(12(14)8-10)13(15,16)17;;/h2-3,8-9,18H,4-7H2,1H3;2*1H/t9-;;/m1../s1. The molecule has 0 amide bonds. The zero-order valence-electron chi connectivity index (χ0n) is 11.4. The van der Waals surface area contributed by atoms with Crippen molar-refractivity contribution in [2.45, 2.75) is 19.1 Å². The molecular weight excluding hydrogens is 331 g/mol. The number of nitrogens with zero attached hydrogens (tertiary/aromatic N) is 1. The average molecular weight is 349 g/mol. The first-order valence-electron chi connectivity index (χ1n) is 6.21. The first-order chi connectivity index (χ1) is 8.89. The van der Waals surface area contributed by atoms with Crippen molar-refractivity contribution in [3.63, 3.8) is 0 Å². The van der Waals surface area contributed by atoms with E-state index in [1.54, 1.807) is 0 Å². The summed E-state index contributed by atoms with van der Waals surface area (Å²) >= 11 is 0. The summed E-state index contributed by atoms with van der Waals surface area (Å²) in [7, 11) is 0. The summed E-state index contributed by atoms with van der Waals surface area (Å²) in [6.45, 7) is 5.18. The smallest absolute Gasteiger partial charge is 0.314 e. The van der Waals surface area contributed by atoms with E-state index in [1.165, 1.54) is 6.07 Å². The topological polar surface area (TPSA) is 15.3 Å². The number of benzene rings is 1. The van der Waals surface area contributed by atoms with Gasteiger partial charge in [0.05, 0.1) is 5.56 Å². The highest BCUT2D eigenvalue weighted by Crippen LogP contribution is 2.33. The van der Waals surface area contributed by atoms with Gasteiger partial charge in [-0.3, -0.25) is 4.90 Å². The van der Waals surface area contributed by atoms with Crippen LogP contribution in [0.3, 0.4) is 0 Å². The molecule has 0 aliphatic carbocycles. The van der Waals surface area contributed by atoms with Gasteiger partial charge >= 0.3 is 6.18 Å². The van der Waals surface area contributed by atoms with Crippen LogP contribution in [0.1, 0.15) is 24.1 Å². The first kappa shape index (κ1) is 20.4. The van der Waals surface area contributed by atoms with Gasteiger partial charge in [0.15, 0.2) is 0 Å². The highest BCUT2D eigenvalue weighted by Gasteiger charge is 2.34. The lowest BCUT2D eigenvalue weighted by atomic mass is 10.0. The number of rotatable bonds is 2. The van der Waals surface area contributed by atoms with Crippen molar-refractivity contribution in [2.75, 3.05) is 26.2 Å². The van der Waals surface area contributed by atoms with Gasteiger partial charge in [0, 0.05) is 32.2 Å². The highest BCUT2D eigenvalue weighted by atomic mass is 35.5. The molecular formula is C13H18Cl2F4N2. The van der Waals surface area contributed by atoms with Gasteiger partial charge in [-0.25, -0.2) is 4.39 Å². The summed E-state index contributed by atoms with van der Waals surface area (Å²) in [5.74, 6) is -1.20. The Morgan fingerprint density at radius 2 is 1.71 bits per heavy atom. The maximum Gasteiger partial charge on any atom is 0.419 e. The third-order valence-electron chi connectivity index (χ3n) is 3.48. The van der Waals surface area contributed by atoms with E-state index in [0.717, 1.165) is 38.3 Å². The Morgan fingerprint density at radius 3 is 2.19 bits per heavy atom. The molecule has 1 heterocycles. The molecule has 1 fully saturated rings. The molecule has 0 unspecified atom stereocenters. The van der Waals surface area contributed by atoms with Crippen molar-refractivity contribution in [3.8, 4) is 0 Å². The Hall–Kier alpha value is -0.560. The molecule has 8 heteroatoms. The number of alkyl halides is 3. The first-order valence-corrected chi connectivity index (χ1v) is 6.21. The third kappa shape index (κ3) is 4.98. The lowest BCUT2D eigenvalue weighted by Gasteiger charge is -2.33. The number of nitrogens with one attached hydrogen (secondary N) is 1. The Morgan fingerprint density at radius 1 is 1.14 bits per heavy atom. The Bertz CT molecular complexity index is 448. The molecule has 1 aliphatic heterocycles. The molecule has 0 saturated carbocycles. The Labute approximate surface area is 133 Å². The summed E-state index contributed by atoms with van der Waals surface area (Å²) in [4.78, 5) is 2.12. The van der Waals surface area contributed by atoms with Gasteiger partial charge in [0.1, 0.15) is 5.82 Å². The van der Waals surface area contributed by atoms with Crippen LogP contribution in [0.15, 0.2) is 18.2 Å². The molecule has 2 rings (SSSR count). The summed E-state index contributed by atoms with van der Waals surface area (Å²) in [5, 5.41) is 3.20. The molecule has 0 radical (unpaired) electrons. The van der Waals surface area contributed by atoms with Crippen molar-refractivity contribution >= 4 is 24.8 Å². The van der Waals surface area contributed by atoms with Gasteiger partial charge in [-0.1, -0.05) is 6.07 Å². The molecule has 21 heavy (non-hydrogen) atoms. The monoisotopic (exact) mass is 348 g/mol. The molecule has 122 valence electrons. The van der Waals surface area contributed by atoms with Gasteiger partial charge in [-0.2, -0.15) is 13.2 Å². The van der Waals surface area contributed by atoms with Crippen LogP contribution < -0.4 is 5.32 Å². The summed E-state index contributed by atoms with van der Waals surface area (Å²) in [6, 6.07) is 3.09. The van der Waals surface area contributed by atoms with Crippen LogP contribution in [-0.2, 0) is 6.18 Å². The van der Waals surface area contributed by atoms with Gasteiger partial charge in [0.25, 0.3) is 0 Å². The normalized spacial score (nSPS) is 17.6. The van der Waals surface area contributed by atoms with E-state index in [9.17, 15) is 17.6 Å². The van der Waals surface area contributed by atoms with Crippen molar-refractivity contribution in [3.05, 3.63) is 35.1 Å². The van der Waals surface area contributed by atoms with Crippen LogP contribution in [0, 0.1) is 5.82 Å². The summed E-state index contributed by atoms with van der Waals surface area (Å²) in [5.41, 5.74) is -0.629. The molecule has 1 aromatic carbocycles. The van der Waals surface area contributed by atoms with E-state index >= 15 is 0 Å². The van der Waals surface area contributed by atoms with Crippen LogP contribution in [0.4, 0.5) is 17.6 Å². The lowest BCUT2D eigenvalue weighted by molar-refractivity contribution is -0.140. The van der Waals surface area contributed by atoms with E-state index in [0.29, 0.717) is 5.56 Å². The third-order valence-corrected chi connectivity index (χ3v) is 3.48. The fourth-order valence-corrected chi connectivity index (χ4v) is 2.30. The second-order valence-corrected chi connectivity index (χ2v) is 4.70. The zero-order chi connectivity index (χ0) is 14.0. The summed E-state index contributed by atoms with van der Waals surface area (Å²) < 4.78 is 51.0. The van der Waals surface area contributed by atoms with Crippen LogP contribution in [-0.4, -0.2) is 31.1 Å². The molecule has 1 saturated heterocycles. The maximum atomic E-state index is 13.5. The van der Waals surface area contributed by atoms with Crippen molar-refractivity contribution in [1.29, 1.82) is 0 Å². The van der Waals surface area contributed by atoms with Crippen molar-refractivity contribution in [1.82, 2.24) is 10.2 Å². The SMILES string of the molecule is C[C@H](c1ccc(C(F)(F)F)c(F)c1)N1CCNCC1.Cl.Cl. The molecule has 1 atom stereocenters. The quantitative estimate of drug-likeness (QED) is 0.820. The second kappa shape index (κ2) is 8.17. The highest BCUT2D eigenvalue weighted by molar-refractivity contribution is 5.85. The Kier molecular flexibility index (Phi) is 7.95. The van der Waals surface area contributed by atoms with Gasteiger partial charge in [0.2, 0.25) is 0 Å². The van der Waals surface area contributed by atoms with Crippen LogP contribution in [0.25, 0.3) is 0 Å². The van der Waals surface area contributed by atoms with E-state index in [1.807, 2.05) is 6.92 Å². The maximum absolute atomic E-state index is 13.5. The number of hydrogen-bond acceptors (Lipinski definition) is 2. The number of hydrogen-bond donors (Lipinski definition) is 1. The van der Waals surface area contributed by atoms with Gasteiger partial charge < -0.3 is 5.32 Å². The minimum atomic E-state index is -4.64. The predicted molar refractivity (Wildman–Crippen MR) is 78.8 cm³/mol. The van der Waals surface area contributed by atoms with E-state index in [-0.39, 0.29) is 30.9 Å². The number of piperazine rings is 1. The predicted octanol–water partition coefficient (Wildman–Crippen LogP) is 3.65. The molecule has 1 aliphatic rings. The van der Waals surface area contributed by atoms with Gasteiger partial charge in [-0.15, -0.1) is 24.8 Å². The lowest BCUT2D eigenvalue weighted by Crippen LogP contribution is -2.44. The van der Waals surface area contributed by atoms with Gasteiger partial charge in [-0.05, 0) is 24.6 Å². The molecule has 0 aromatic heterocycles. The molecule has 2 nitrogen and oxygen atoms in total. The molecule has 0 spiro atoms. The Balaban J connectivity index is 0.00000200. The van der Waals surface area contributed by atoms with Crippen molar-refractivity contribution < 1.29 is 17.6 Å². The van der Waals surface area contributed by atoms with E-state index in [2.05, 4.69) is 10.2 Å². The fraction of sp³-hybridized carbons (Fsp3) is 0.538. The van der Waals surface area contributed by atoms with Crippen LogP contribution >= 0.6 is 24.8 Å². The molecule has 0 bridgehead atoms. The van der Waals surface area contributed by atoms with E-state index < -0.39 is 17.6 Å². The second-order valence-electron chi connectivity index (χ2n) is 4.70. The molecule has 1 N–H and O–H groups in total. The van der Waals surface area contributed by atoms with Crippen molar-refractivity contribution in [2.24, 2.45) is 0 Å². The van der Waals surface area contributed by atoms with Crippen LogP contribution in [0.5, 0.6) is 0 Å². The molecule has 1 aromatic rings. The average Bonchev–Trinajstić information content (AvgIpc) is 2.37. The minimum absolute atomic E-state index is 0. The zero-order valence-corrected chi connectivity index (χ0v) is 13.0.